The van der Waals surface area contributed by atoms with Crippen LogP contribution in [0.25, 0.3) is 0 Å². The van der Waals surface area contributed by atoms with E-state index in [1.165, 1.54) is 34.0 Å². The maximum atomic E-state index is 11.8. The topological polar surface area (TPSA) is 130 Å². The van der Waals surface area contributed by atoms with Gasteiger partial charge in [0.1, 0.15) is 6.15 Å². The van der Waals surface area contributed by atoms with Gasteiger partial charge in [0, 0.05) is 13.2 Å². The predicted octanol–water partition coefficient (Wildman–Crippen LogP) is 3.94. The van der Waals surface area contributed by atoms with Crippen molar-refractivity contribution in [3.05, 3.63) is 156 Å². The van der Waals surface area contributed by atoms with E-state index in [2.05, 4.69) is 135 Å². The second-order valence-electron chi connectivity index (χ2n) is 15.1. The van der Waals surface area contributed by atoms with Gasteiger partial charge < -0.3 is 38.6 Å². The van der Waals surface area contributed by atoms with Gasteiger partial charge >= 0.3 is 41.5 Å². The quantitative estimate of drug-likeness (QED) is 0.0518. The molecule has 338 valence electrons. The predicted molar refractivity (Wildman–Crippen MR) is 253 cm³/mol. The molecule has 0 radical (unpaired) electrons. The van der Waals surface area contributed by atoms with Gasteiger partial charge in [-0.05, 0) is 48.9 Å². The summed E-state index contributed by atoms with van der Waals surface area (Å²) in [7, 11) is 0. The minimum atomic E-state index is -1.22. The molecule has 2 N–H and O–H groups in total. The Morgan fingerprint density at radius 1 is 0.391 bits per heavy atom. The van der Waals surface area contributed by atoms with E-state index < -0.39 is 18.1 Å². The summed E-state index contributed by atoms with van der Waals surface area (Å²) in [5.74, 6) is -2.22. The van der Waals surface area contributed by atoms with Gasteiger partial charge in [-0.1, -0.05) is 148 Å². The van der Waals surface area contributed by atoms with Gasteiger partial charge in [-0.3, -0.25) is 0 Å². The van der Waals surface area contributed by atoms with E-state index in [0.717, 1.165) is 38.9 Å². The van der Waals surface area contributed by atoms with Crippen molar-refractivity contribution in [3.8, 4) is 0 Å². The van der Waals surface area contributed by atoms with Gasteiger partial charge in [-0.2, -0.15) is 21.9 Å². The molecule has 0 atom stereocenters. The summed E-state index contributed by atoms with van der Waals surface area (Å²) in [4.78, 5) is 23.7. The maximum absolute atomic E-state index is 11.8. The molecule has 0 spiro atoms. The van der Waals surface area contributed by atoms with E-state index in [1.54, 1.807) is 0 Å². The van der Waals surface area contributed by atoms with Crippen molar-refractivity contribution < 1.29 is 77.8 Å². The average molecular weight is 885 g/mol. The zero-order valence-corrected chi connectivity index (χ0v) is 40.2. The minimum absolute atomic E-state index is 0. The van der Waals surface area contributed by atoms with Crippen molar-refractivity contribution in [3.63, 3.8) is 0 Å². The van der Waals surface area contributed by atoms with Gasteiger partial charge in [-0.25, -0.2) is 9.59 Å². The molecule has 0 aliphatic heterocycles. The number of unbranched alkanes of at least 4 members (excludes halogenated alkanes) is 2. The number of carboxylic acid groups (broad SMARTS) is 2. The normalized spacial score (nSPS) is 11.0. The molecular weight excluding hydrogens is 818 g/mol. The average Bonchev–Trinajstić information content (AvgIpc) is 3.32. The molecule has 0 unspecified atom stereocenters. The number of hydrogen-bond donors (Lipinski definition) is 2. The summed E-state index contributed by atoms with van der Waals surface area (Å²) in [6, 6.07) is 46.2. The van der Waals surface area contributed by atoms with Crippen LogP contribution in [-0.2, 0) is 41.3 Å². The number of rotatable bonds is 30. The standard InChI is InChI=1S/C28H46O10.C24H20B.Na/c1-3-5-11-33-15-19-37-21-17-35-13-9-23-24(26(28(31)32)8-7-25(23)27(29)30)10-14-36-18-22-38-20-16-34-12-6-4-2;1-5-13-21(14-6-1)25(22-15-7-2-8-16-22,23-17-9-3-10-18-23)24-19-11-4-12-20-24;/h7-8H,3-6,9-22H2,1-2H3,(H,29,30)(H,31,32);1-20H;/q;-1;+1. The number of carbonyl (C=O) groups is 2. The molecule has 10 nitrogen and oxygen atoms in total. The smallest absolute Gasteiger partial charge is 0.478 e. The molecule has 0 fully saturated rings. The van der Waals surface area contributed by atoms with Crippen LogP contribution in [0.4, 0.5) is 0 Å². The first-order valence-electron chi connectivity index (χ1n) is 22.4. The monoisotopic (exact) mass is 884 g/mol. The van der Waals surface area contributed by atoms with E-state index in [9.17, 15) is 19.8 Å². The first-order chi connectivity index (χ1) is 30.9. The molecule has 5 aromatic carbocycles. The largest absolute Gasteiger partial charge is 1.00 e. The van der Waals surface area contributed by atoms with Crippen molar-refractivity contribution >= 4 is 39.9 Å². The zero-order chi connectivity index (χ0) is 44.8. The summed E-state index contributed by atoms with van der Waals surface area (Å²) in [5, 5.41) is 19.4. The van der Waals surface area contributed by atoms with Crippen LogP contribution in [-0.4, -0.2) is 108 Å². The van der Waals surface area contributed by atoms with E-state index in [-0.39, 0.29) is 66.7 Å². The SMILES string of the molecule is CCCCOCCOCCOCCc1c(C(=O)O)ccc(C(=O)O)c1CCOCCOCCOCCCC.[Na+].c1ccc([B-](c2ccccc2)(c2ccccc2)c2ccccc2)cc1. The Morgan fingerprint density at radius 2 is 0.641 bits per heavy atom. The van der Waals surface area contributed by atoms with Crippen LogP contribution in [0.5, 0.6) is 0 Å². The van der Waals surface area contributed by atoms with Gasteiger partial charge in [0.2, 0.25) is 0 Å². The molecule has 5 rings (SSSR count). The molecule has 0 heterocycles. The van der Waals surface area contributed by atoms with Crippen molar-refractivity contribution in [2.45, 2.75) is 52.4 Å². The van der Waals surface area contributed by atoms with Crippen molar-refractivity contribution in [1.82, 2.24) is 0 Å². The van der Waals surface area contributed by atoms with E-state index in [0.29, 0.717) is 64.0 Å². The Hall–Kier alpha value is -4.14. The Morgan fingerprint density at radius 3 is 0.891 bits per heavy atom. The number of ether oxygens (including phenoxy) is 6. The van der Waals surface area contributed by atoms with Gasteiger partial charge in [-0.15, -0.1) is 0 Å². The van der Waals surface area contributed by atoms with Gasteiger partial charge in [0.05, 0.1) is 77.2 Å². The molecule has 0 saturated heterocycles. The van der Waals surface area contributed by atoms with Crippen molar-refractivity contribution in [2.24, 2.45) is 0 Å². The Kier molecular flexibility index (Phi) is 27.5. The first-order valence-corrected chi connectivity index (χ1v) is 22.4. The van der Waals surface area contributed by atoms with Crippen LogP contribution in [0.2, 0.25) is 0 Å². The molecule has 64 heavy (non-hydrogen) atoms. The summed E-state index contributed by atoms with van der Waals surface area (Å²) in [6.45, 7) is 9.67. The molecule has 5 aromatic rings. The fourth-order valence-corrected chi connectivity index (χ4v) is 7.71. The van der Waals surface area contributed by atoms with Crippen molar-refractivity contribution in [1.29, 1.82) is 0 Å². The molecule has 0 aliphatic carbocycles. The van der Waals surface area contributed by atoms with Crippen LogP contribution in [0.15, 0.2) is 133 Å². The number of benzene rings is 5. The number of hydrogen-bond acceptors (Lipinski definition) is 8. The van der Waals surface area contributed by atoms with Crippen LogP contribution < -0.4 is 51.4 Å². The Bertz CT molecular complexity index is 1760. The van der Waals surface area contributed by atoms with Crippen LogP contribution >= 0.6 is 0 Å². The third-order valence-corrected chi connectivity index (χ3v) is 10.9. The van der Waals surface area contributed by atoms with Crippen LogP contribution in [0.3, 0.4) is 0 Å². The third-order valence-electron chi connectivity index (χ3n) is 10.9. The first kappa shape index (κ1) is 54.2. The Labute approximate surface area is 402 Å². The summed E-state index contributed by atoms with van der Waals surface area (Å²) >= 11 is 0. The molecule has 0 amide bonds. The molecule has 0 aromatic heterocycles. The van der Waals surface area contributed by atoms with Gasteiger partial charge in [0.15, 0.2) is 0 Å². The van der Waals surface area contributed by atoms with Crippen molar-refractivity contribution in [2.75, 3.05) is 79.3 Å². The number of carboxylic acids is 2. The maximum Gasteiger partial charge on any atom is 1.00 e. The molecule has 0 aliphatic rings. The molecule has 12 heteroatoms. The summed E-state index contributed by atoms with van der Waals surface area (Å²) in [5.41, 5.74) is 6.40. The second-order valence-corrected chi connectivity index (χ2v) is 15.1. The molecule has 0 bridgehead atoms. The van der Waals surface area contributed by atoms with Crippen LogP contribution in [0.1, 0.15) is 71.4 Å². The third kappa shape index (κ3) is 17.7. The fourth-order valence-electron chi connectivity index (χ4n) is 7.71. The number of aromatic carboxylic acids is 2. The minimum Gasteiger partial charge on any atom is -0.478 e. The van der Waals surface area contributed by atoms with E-state index in [4.69, 9.17) is 28.4 Å². The van der Waals surface area contributed by atoms with E-state index >= 15 is 0 Å². The Balaban J connectivity index is 0.000000360. The molecule has 0 saturated carbocycles. The fraction of sp³-hybridized carbons (Fsp3) is 0.385. The summed E-state index contributed by atoms with van der Waals surface area (Å²) < 4.78 is 33.0. The second kappa shape index (κ2) is 32.5. The summed E-state index contributed by atoms with van der Waals surface area (Å²) in [6.07, 6.45) is 3.55. The van der Waals surface area contributed by atoms with Gasteiger partial charge in [0.25, 0.3) is 0 Å². The molecular formula is C52H66BNaO10. The van der Waals surface area contributed by atoms with Crippen LogP contribution in [0, 0.1) is 0 Å². The zero-order valence-electron chi connectivity index (χ0n) is 38.2. The van der Waals surface area contributed by atoms with E-state index in [1.807, 2.05) is 0 Å².